The van der Waals surface area contributed by atoms with Gasteiger partial charge in [0.1, 0.15) is 0 Å². The van der Waals surface area contributed by atoms with Gasteiger partial charge in [-0.15, -0.1) is 0 Å². The second-order valence-electron chi connectivity index (χ2n) is 9.52. The summed E-state index contributed by atoms with van der Waals surface area (Å²) in [6, 6.07) is 4.37. The van der Waals surface area contributed by atoms with E-state index in [4.69, 9.17) is 0 Å². The number of aryl methyl sites for hydroxylation is 1. The number of hydrogen-bond donors (Lipinski definition) is 0. The van der Waals surface area contributed by atoms with Gasteiger partial charge in [0.15, 0.2) is 0 Å². The van der Waals surface area contributed by atoms with Crippen LogP contribution in [0.5, 0.6) is 0 Å². The molecule has 1 aromatic heterocycles. The maximum absolute atomic E-state index is 4.15. The molecular formula is C24H35N. The minimum atomic E-state index is 0.750. The van der Waals surface area contributed by atoms with Crippen LogP contribution in [0.4, 0.5) is 0 Å². The van der Waals surface area contributed by atoms with E-state index in [1.165, 1.54) is 37.7 Å². The lowest BCUT2D eigenvalue weighted by molar-refractivity contribution is -0.0601. The van der Waals surface area contributed by atoms with E-state index in [1.54, 1.807) is 38.5 Å². The van der Waals surface area contributed by atoms with Crippen molar-refractivity contribution in [2.45, 2.75) is 77.6 Å². The SMILES string of the molecule is C/C=C/CC(CCc1ccncc1)CCC12CC3CC(CC(C3)C1)C2. The summed E-state index contributed by atoms with van der Waals surface area (Å²) in [5.74, 6) is 4.14. The van der Waals surface area contributed by atoms with Gasteiger partial charge >= 0.3 is 0 Å². The monoisotopic (exact) mass is 337 g/mol. The Morgan fingerprint density at radius 2 is 1.68 bits per heavy atom. The van der Waals surface area contributed by atoms with E-state index in [9.17, 15) is 0 Å². The third kappa shape index (κ3) is 4.18. The highest BCUT2D eigenvalue weighted by atomic mass is 14.6. The first-order valence-corrected chi connectivity index (χ1v) is 10.7. The topological polar surface area (TPSA) is 12.9 Å². The molecule has 0 aliphatic heterocycles. The average molecular weight is 338 g/mol. The van der Waals surface area contributed by atoms with Crippen molar-refractivity contribution < 1.29 is 0 Å². The van der Waals surface area contributed by atoms with Crippen LogP contribution in [0.25, 0.3) is 0 Å². The fourth-order valence-corrected chi connectivity index (χ4v) is 6.74. The minimum absolute atomic E-state index is 0.750. The summed E-state index contributed by atoms with van der Waals surface area (Å²) in [6.45, 7) is 2.17. The Morgan fingerprint density at radius 3 is 2.28 bits per heavy atom. The second kappa shape index (κ2) is 7.64. The highest BCUT2D eigenvalue weighted by Crippen LogP contribution is 2.61. The second-order valence-corrected chi connectivity index (χ2v) is 9.52. The molecule has 0 saturated heterocycles. The van der Waals surface area contributed by atoms with Crippen LogP contribution in [-0.4, -0.2) is 4.98 Å². The van der Waals surface area contributed by atoms with Crippen molar-refractivity contribution in [3.8, 4) is 0 Å². The van der Waals surface area contributed by atoms with E-state index in [1.807, 2.05) is 12.4 Å². The van der Waals surface area contributed by atoms with Crippen LogP contribution in [0.1, 0.15) is 76.7 Å². The van der Waals surface area contributed by atoms with Gasteiger partial charge in [-0.25, -0.2) is 0 Å². The van der Waals surface area contributed by atoms with E-state index in [0.717, 1.165) is 29.1 Å². The summed E-state index contributed by atoms with van der Waals surface area (Å²) in [6.07, 6.45) is 24.7. The van der Waals surface area contributed by atoms with Crippen LogP contribution in [0.2, 0.25) is 0 Å². The highest BCUT2D eigenvalue weighted by molar-refractivity contribution is 5.10. The molecule has 0 spiro atoms. The number of nitrogens with zero attached hydrogens (tertiary/aromatic N) is 1. The van der Waals surface area contributed by atoms with Gasteiger partial charge in [-0.1, -0.05) is 12.2 Å². The Labute approximate surface area is 154 Å². The van der Waals surface area contributed by atoms with Crippen molar-refractivity contribution in [3.63, 3.8) is 0 Å². The predicted octanol–water partition coefficient (Wildman–Crippen LogP) is 6.59. The smallest absolute Gasteiger partial charge is 0.0270 e. The maximum atomic E-state index is 4.15. The number of pyridine rings is 1. The van der Waals surface area contributed by atoms with E-state index >= 15 is 0 Å². The van der Waals surface area contributed by atoms with Gasteiger partial charge in [0.25, 0.3) is 0 Å². The molecule has 5 rings (SSSR count). The minimum Gasteiger partial charge on any atom is -0.265 e. The molecule has 4 bridgehead atoms. The van der Waals surface area contributed by atoms with Crippen LogP contribution in [0.15, 0.2) is 36.7 Å². The first-order chi connectivity index (χ1) is 12.2. The van der Waals surface area contributed by atoms with E-state index in [0.29, 0.717) is 0 Å². The number of allylic oxidation sites excluding steroid dienone is 2. The molecule has 25 heavy (non-hydrogen) atoms. The Hall–Kier alpha value is -1.11. The molecule has 136 valence electrons. The van der Waals surface area contributed by atoms with E-state index in [2.05, 4.69) is 36.2 Å². The van der Waals surface area contributed by atoms with Crippen molar-refractivity contribution in [2.75, 3.05) is 0 Å². The van der Waals surface area contributed by atoms with Crippen molar-refractivity contribution in [3.05, 3.63) is 42.2 Å². The molecule has 1 heterocycles. The van der Waals surface area contributed by atoms with Crippen LogP contribution >= 0.6 is 0 Å². The molecule has 1 atom stereocenters. The molecule has 1 nitrogen and oxygen atoms in total. The number of hydrogen-bond acceptors (Lipinski definition) is 1. The van der Waals surface area contributed by atoms with Crippen molar-refractivity contribution in [2.24, 2.45) is 29.1 Å². The van der Waals surface area contributed by atoms with Gasteiger partial charge in [-0.05, 0) is 124 Å². The standard InChI is InChI=1S/C24H35N/c1-2-3-4-19(5-6-20-8-11-25-12-9-20)7-10-24-16-21-13-22(17-24)15-23(14-21)18-24/h2-3,8-9,11-12,19,21-23H,4-7,10,13-18H2,1H3/b3-2+. The van der Waals surface area contributed by atoms with Gasteiger partial charge < -0.3 is 0 Å². The Balaban J connectivity index is 1.34. The molecule has 0 radical (unpaired) electrons. The molecular weight excluding hydrogens is 302 g/mol. The maximum Gasteiger partial charge on any atom is 0.0270 e. The zero-order valence-corrected chi connectivity index (χ0v) is 16.0. The van der Waals surface area contributed by atoms with E-state index in [-0.39, 0.29) is 0 Å². The number of aromatic nitrogens is 1. The zero-order valence-electron chi connectivity index (χ0n) is 16.0. The molecule has 0 aromatic carbocycles. The lowest BCUT2D eigenvalue weighted by atomic mass is 9.48. The van der Waals surface area contributed by atoms with Crippen LogP contribution in [0, 0.1) is 29.1 Å². The molecule has 1 aromatic rings. The lowest BCUT2D eigenvalue weighted by Crippen LogP contribution is -2.46. The Bertz CT molecular complexity index is 538. The molecule has 4 saturated carbocycles. The summed E-state index contributed by atoms with van der Waals surface area (Å²) < 4.78 is 0. The van der Waals surface area contributed by atoms with Crippen LogP contribution in [0.3, 0.4) is 0 Å². The molecule has 0 amide bonds. The first-order valence-electron chi connectivity index (χ1n) is 10.7. The zero-order chi connectivity index (χ0) is 17.1. The summed E-state index contributed by atoms with van der Waals surface area (Å²) >= 11 is 0. The predicted molar refractivity (Wildman–Crippen MR) is 105 cm³/mol. The van der Waals surface area contributed by atoms with Crippen LogP contribution < -0.4 is 0 Å². The average Bonchev–Trinajstić information content (AvgIpc) is 2.61. The molecule has 1 heteroatoms. The normalized spacial score (nSPS) is 34.7. The summed E-state index contributed by atoms with van der Waals surface area (Å²) in [5.41, 5.74) is 2.20. The van der Waals surface area contributed by atoms with Gasteiger partial charge in [0.05, 0.1) is 0 Å². The van der Waals surface area contributed by atoms with Gasteiger partial charge in [0, 0.05) is 12.4 Å². The number of rotatable bonds is 8. The summed E-state index contributed by atoms with van der Waals surface area (Å²) in [7, 11) is 0. The highest BCUT2D eigenvalue weighted by Gasteiger charge is 2.50. The third-order valence-electron chi connectivity index (χ3n) is 7.54. The van der Waals surface area contributed by atoms with Crippen molar-refractivity contribution >= 4 is 0 Å². The van der Waals surface area contributed by atoms with Gasteiger partial charge in [-0.2, -0.15) is 0 Å². The Morgan fingerprint density at radius 1 is 1.04 bits per heavy atom. The largest absolute Gasteiger partial charge is 0.265 e. The quantitative estimate of drug-likeness (QED) is 0.487. The molecule has 4 fully saturated rings. The fourth-order valence-electron chi connectivity index (χ4n) is 6.74. The van der Waals surface area contributed by atoms with E-state index < -0.39 is 0 Å². The van der Waals surface area contributed by atoms with Gasteiger partial charge in [0.2, 0.25) is 0 Å². The van der Waals surface area contributed by atoms with Crippen molar-refractivity contribution in [1.82, 2.24) is 4.98 Å². The lowest BCUT2D eigenvalue weighted by Gasteiger charge is -2.57. The fraction of sp³-hybridized carbons (Fsp3) is 0.708. The third-order valence-corrected chi connectivity index (χ3v) is 7.54. The molecule has 1 unspecified atom stereocenters. The molecule has 4 aliphatic rings. The van der Waals surface area contributed by atoms with Crippen LogP contribution in [-0.2, 0) is 6.42 Å². The molecule has 4 aliphatic carbocycles. The van der Waals surface area contributed by atoms with Crippen molar-refractivity contribution in [1.29, 1.82) is 0 Å². The summed E-state index contributed by atoms with van der Waals surface area (Å²) in [5, 5.41) is 0. The van der Waals surface area contributed by atoms with Gasteiger partial charge in [-0.3, -0.25) is 4.98 Å². The Kier molecular flexibility index (Phi) is 5.29. The summed E-state index contributed by atoms with van der Waals surface area (Å²) in [4.78, 5) is 4.15. The first kappa shape index (κ1) is 17.3. The molecule has 0 N–H and O–H groups in total.